The summed E-state index contributed by atoms with van der Waals surface area (Å²) in [6.45, 7) is 4.60. The number of esters is 1. The van der Waals surface area contributed by atoms with Crippen molar-refractivity contribution in [2.45, 2.75) is 26.7 Å². The normalized spacial score (nSPS) is 16.8. The molecule has 2 rings (SSSR count). The van der Waals surface area contributed by atoms with Gasteiger partial charge in [-0.3, -0.25) is 14.9 Å². The highest BCUT2D eigenvalue weighted by Crippen LogP contribution is 2.42. The lowest BCUT2D eigenvalue weighted by molar-refractivity contribution is -0.139. The minimum absolute atomic E-state index is 0.0815. The Balaban J connectivity index is 2.74. The highest BCUT2D eigenvalue weighted by molar-refractivity contribution is 6.31. The second-order valence-corrected chi connectivity index (χ2v) is 5.94. The maximum absolute atomic E-state index is 12.5. The van der Waals surface area contributed by atoms with Crippen LogP contribution in [0, 0.1) is 0 Å². The van der Waals surface area contributed by atoms with Crippen LogP contribution in [-0.4, -0.2) is 24.4 Å². The molecule has 0 saturated heterocycles. The summed E-state index contributed by atoms with van der Waals surface area (Å²) >= 11 is 6.30. The first-order valence-corrected chi connectivity index (χ1v) is 8.27. The Morgan fingerprint density at radius 2 is 1.92 bits per heavy atom. The van der Waals surface area contributed by atoms with Crippen molar-refractivity contribution in [2.75, 3.05) is 6.61 Å². The molecule has 1 aromatic carbocycles. The van der Waals surface area contributed by atoms with Gasteiger partial charge in [0, 0.05) is 11.9 Å². The Bertz CT molecular complexity index is 829. The SMILES string of the molecule is CCOC(=O)C1=C(C)OC(NC(C)=O)=C(C(N)=O)C1c1ccccc1Cl. The fourth-order valence-corrected chi connectivity index (χ4v) is 2.98. The van der Waals surface area contributed by atoms with Crippen molar-refractivity contribution in [3.05, 3.63) is 57.6 Å². The molecule has 0 radical (unpaired) electrons. The van der Waals surface area contributed by atoms with Crippen molar-refractivity contribution in [3.8, 4) is 0 Å². The fourth-order valence-electron chi connectivity index (χ4n) is 2.74. The molecule has 0 aliphatic carbocycles. The number of primary amides is 1. The van der Waals surface area contributed by atoms with Crippen LogP contribution in [0.15, 0.2) is 47.1 Å². The molecular formula is C18H19ClN2O5. The molecule has 0 saturated carbocycles. The van der Waals surface area contributed by atoms with Gasteiger partial charge in [0.25, 0.3) is 5.91 Å². The number of allylic oxidation sites excluding steroid dienone is 1. The molecule has 26 heavy (non-hydrogen) atoms. The fraction of sp³-hybridized carbons (Fsp3) is 0.278. The van der Waals surface area contributed by atoms with Gasteiger partial charge in [0.05, 0.1) is 23.7 Å². The topological polar surface area (TPSA) is 108 Å². The quantitative estimate of drug-likeness (QED) is 0.763. The number of halogens is 1. The Morgan fingerprint density at radius 3 is 2.46 bits per heavy atom. The maximum atomic E-state index is 12.5. The van der Waals surface area contributed by atoms with E-state index in [0.717, 1.165) is 0 Å². The summed E-state index contributed by atoms with van der Waals surface area (Å²) in [5.41, 5.74) is 6.03. The van der Waals surface area contributed by atoms with Crippen molar-refractivity contribution < 1.29 is 23.9 Å². The zero-order valence-electron chi connectivity index (χ0n) is 14.6. The Labute approximate surface area is 155 Å². The number of ether oxygens (including phenoxy) is 2. The molecule has 0 bridgehead atoms. The molecule has 1 atom stereocenters. The largest absolute Gasteiger partial charge is 0.463 e. The minimum Gasteiger partial charge on any atom is -0.463 e. The molecule has 0 fully saturated rings. The molecule has 1 unspecified atom stereocenters. The predicted molar refractivity (Wildman–Crippen MR) is 94.6 cm³/mol. The molecule has 1 heterocycles. The summed E-state index contributed by atoms with van der Waals surface area (Å²) in [6, 6.07) is 6.72. The summed E-state index contributed by atoms with van der Waals surface area (Å²) in [6.07, 6.45) is 0. The highest BCUT2D eigenvalue weighted by Gasteiger charge is 2.40. The Hall–Kier alpha value is -2.80. The number of hydrogen-bond acceptors (Lipinski definition) is 5. The molecule has 0 aromatic heterocycles. The molecule has 2 amide bonds. The third-order valence-electron chi connectivity index (χ3n) is 3.72. The standard InChI is InChI=1S/C18H19ClN2O5/c1-4-25-18(24)13-9(2)26-17(21-10(3)22)15(16(20)23)14(13)11-7-5-6-8-12(11)19/h5-8,14H,4H2,1-3H3,(H2,20,23)(H,21,22). The van der Waals surface area contributed by atoms with E-state index in [4.69, 9.17) is 26.8 Å². The van der Waals surface area contributed by atoms with E-state index in [9.17, 15) is 14.4 Å². The highest BCUT2D eigenvalue weighted by atomic mass is 35.5. The summed E-state index contributed by atoms with van der Waals surface area (Å²) in [5.74, 6) is -2.84. The second kappa shape index (κ2) is 8.05. The van der Waals surface area contributed by atoms with Crippen LogP contribution in [-0.2, 0) is 23.9 Å². The van der Waals surface area contributed by atoms with Crippen LogP contribution in [0.25, 0.3) is 0 Å². The molecule has 8 heteroatoms. The lowest BCUT2D eigenvalue weighted by Gasteiger charge is -2.30. The van der Waals surface area contributed by atoms with Crippen LogP contribution in [0.5, 0.6) is 0 Å². The summed E-state index contributed by atoms with van der Waals surface area (Å²) in [7, 11) is 0. The van der Waals surface area contributed by atoms with E-state index in [1.54, 1.807) is 31.2 Å². The molecule has 7 nitrogen and oxygen atoms in total. The smallest absolute Gasteiger partial charge is 0.338 e. The average Bonchev–Trinajstić information content (AvgIpc) is 2.53. The van der Waals surface area contributed by atoms with Gasteiger partial charge in [-0.05, 0) is 25.5 Å². The second-order valence-electron chi connectivity index (χ2n) is 5.54. The van der Waals surface area contributed by atoms with E-state index >= 15 is 0 Å². The van der Waals surface area contributed by atoms with E-state index in [1.165, 1.54) is 13.8 Å². The average molecular weight is 379 g/mol. The van der Waals surface area contributed by atoms with Crippen LogP contribution in [0.1, 0.15) is 32.3 Å². The number of amides is 2. The number of nitrogens with one attached hydrogen (secondary N) is 1. The van der Waals surface area contributed by atoms with Gasteiger partial charge in [-0.25, -0.2) is 4.79 Å². The van der Waals surface area contributed by atoms with Crippen LogP contribution < -0.4 is 11.1 Å². The van der Waals surface area contributed by atoms with Crippen LogP contribution in [0.2, 0.25) is 5.02 Å². The lowest BCUT2D eigenvalue weighted by Crippen LogP contribution is -2.35. The van der Waals surface area contributed by atoms with E-state index in [1.807, 2.05) is 0 Å². The van der Waals surface area contributed by atoms with E-state index in [-0.39, 0.29) is 29.4 Å². The van der Waals surface area contributed by atoms with Gasteiger partial charge >= 0.3 is 5.97 Å². The lowest BCUT2D eigenvalue weighted by atomic mass is 9.82. The van der Waals surface area contributed by atoms with Gasteiger partial charge in [0.1, 0.15) is 5.76 Å². The van der Waals surface area contributed by atoms with Gasteiger partial charge in [-0.15, -0.1) is 0 Å². The van der Waals surface area contributed by atoms with Crippen molar-refractivity contribution in [2.24, 2.45) is 5.73 Å². The monoisotopic (exact) mass is 378 g/mol. The molecule has 3 N–H and O–H groups in total. The van der Waals surface area contributed by atoms with Gasteiger partial charge < -0.3 is 15.2 Å². The summed E-state index contributed by atoms with van der Waals surface area (Å²) in [4.78, 5) is 36.2. The first-order valence-electron chi connectivity index (χ1n) is 7.89. The zero-order chi connectivity index (χ0) is 19.4. The zero-order valence-corrected chi connectivity index (χ0v) is 15.3. The van der Waals surface area contributed by atoms with Crippen molar-refractivity contribution in [3.63, 3.8) is 0 Å². The van der Waals surface area contributed by atoms with Crippen LogP contribution in [0.3, 0.4) is 0 Å². The van der Waals surface area contributed by atoms with E-state index in [0.29, 0.717) is 10.6 Å². The number of carbonyl (C=O) groups is 3. The van der Waals surface area contributed by atoms with Crippen molar-refractivity contribution >= 4 is 29.4 Å². The molecule has 1 aromatic rings. The minimum atomic E-state index is -0.934. The first-order chi connectivity index (χ1) is 12.3. The number of carbonyl (C=O) groups excluding carboxylic acids is 3. The van der Waals surface area contributed by atoms with E-state index < -0.39 is 23.7 Å². The maximum Gasteiger partial charge on any atom is 0.338 e. The third kappa shape index (κ3) is 3.88. The van der Waals surface area contributed by atoms with Crippen LogP contribution in [0.4, 0.5) is 0 Å². The van der Waals surface area contributed by atoms with Crippen molar-refractivity contribution in [1.29, 1.82) is 0 Å². The van der Waals surface area contributed by atoms with Crippen molar-refractivity contribution in [1.82, 2.24) is 5.32 Å². The van der Waals surface area contributed by atoms with Gasteiger partial charge in [-0.1, -0.05) is 29.8 Å². The van der Waals surface area contributed by atoms with Gasteiger partial charge in [-0.2, -0.15) is 0 Å². The van der Waals surface area contributed by atoms with Gasteiger partial charge in [0.15, 0.2) is 0 Å². The van der Waals surface area contributed by atoms with E-state index in [2.05, 4.69) is 5.32 Å². The Kier molecular flexibility index (Phi) is 6.05. The Morgan fingerprint density at radius 1 is 1.27 bits per heavy atom. The molecule has 1 aliphatic heterocycles. The summed E-state index contributed by atoms with van der Waals surface area (Å²) in [5, 5.41) is 2.77. The first kappa shape index (κ1) is 19.5. The third-order valence-corrected chi connectivity index (χ3v) is 4.07. The molecule has 0 spiro atoms. The predicted octanol–water partition coefficient (Wildman–Crippen LogP) is 2.12. The summed E-state index contributed by atoms with van der Waals surface area (Å²) < 4.78 is 10.6. The van der Waals surface area contributed by atoms with Gasteiger partial charge in [0.2, 0.25) is 11.8 Å². The molecular weight excluding hydrogens is 360 g/mol. The number of rotatable bonds is 5. The molecule has 138 valence electrons. The number of benzene rings is 1. The van der Waals surface area contributed by atoms with Crippen LogP contribution >= 0.6 is 11.6 Å². The number of hydrogen-bond donors (Lipinski definition) is 2. The molecule has 1 aliphatic rings. The number of nitrogens with two attached hydrogens (primary N) is 1.